The molecule has 0 radical (unpaired) electrons. The molecule has 2 N–H and O–H groups in total. The van der Waals surface area contributed by atoms with Crippen LogP contribution in [0.5, 0.6) is 0 Å². The van der Waals surface area contributed by atoms with Gasteiger partial charge in [0.15, 0.2) is 0 Å². The topological polar surface area (TPSA) is 48.4 Å². The normalized spacial score (nSPS) is 19.9. The van der Waals surface area contributed by atoms with Gasteiger partial charge >= 0.3 is 0 Å². The van der Waals surface area contributed by atoms with Gasteiger partial charge in [-0.2, -0.15) is 0 Å². The average Bonchev–Trinajstić information content (AvgIpc) is 2.79. The highest BCUT2D eigenvalue weighted by Crippen LogP contribution is 2.40. The zero-order chi connectivity index (χ0) is 11.4. The quantitative estimate of drug-likeness (QED) is 0.853. The fraction of sp³-hybridized carbons (Fsp3) is 0.692. The highest BCUT2D eigenvalue weighted by Gasteiger charge is 2.36. The molecule has 1 saturated carbocycles. The molecule has 2 rings (SSSR count). The van der Waals surface area contributed by atoms with E-state index in [9.17, 15) is 0 Å². The maximum atomic E-state index is 5.99. The SMILES string of the molecule is COCc1ccoc1C1(CN)CCCCC1. The molecule has 0 spiro atoms. The van der Waals surface area contributed by atoms with Crippen LogP contribution in [-0.4, -0.2) is 13.7 Å². The van der Waals surface area contributed by atoms with E-state index >= 15 is 0 Å². The van der Waals surface area contributed by atoms with Crippen molar-refractivity contribution in [2.24, 2.45) is 5.73 Å². The number of ether oxygens (including phenoxy) is 1. The Hall–Kier alpha value is -0.800. The molecular weight excluding hydrogens is 202 g/mol. The summed E-state index contributed by atoms with van der Waals surface area (Å²) in [6.07, 6.45) is 7.88. The van der Waals surface area contributed by atoms with Crippen molar-refractivity contribution in [1.82, 2.24) is 0 Å². The average molecular weight is 223 g/mol. The van der Waals surface area contributed by atoms with Crippen molar-refractivity contribution in [3.63, 3.8) is 0 Å². The summed E-state index contributed by atoms with van der Waals surface area (Å²) < 4.78 is 10.9. The third-order valence-corrected chi connectivity index (χ3v) is 3.73. The van der Waals surface area contributed by atoms with Gasteiger partial charge in [-0.15, -0.1) is 0 Å². The van der Waals surface area contributed by atoms with E-state index in [1.807, 2.05) is 6.07 Å². The summed E-state index contributed by atoms with van der Waals surface area (Å²) in [5, 5.41) is 0. The van der Waals surface area contributed by atoms with Gasteiger partial charge in [-0.25, -0.2) is 0 Å². The Morgan fingerprint density at radius 2 is 2.12 bits per heavy atom. The lowest BCUT2D eigenvalue weighted by atomic mass is 9.71. The van der Waals surface area contributed by atoms with E-state index in [0.717, 1.165) is 24.2 Å². The Bertz CT molecular complexity index is 326. The van der Waals surface area contributed by atoms with Gasteiger partial charge in [0.05, 0.1) is 12.9 Å². The highest BCUT2D eigenvalue weighted by molar-refractivity contribution is 5.26. The molecule has 16 heavy (non-hydrogen) atoms. The smallest absolute Gasteiger partial charge is 0.116 e. The minimum atomic E-state index is 0.0651. The van der Waals surface area contributed by atoms with Crippen LogP contribution in [0.4, 0.5) is 0 Å². The van der Waals surface area contributed by atoms with Crippen molar-refractivity contribution in [2.75, 3.05) is 13.7 Å². The molecule has 0 bridgehead atoms. The Kier molecular flexibility index (Phi) is 3.66. The fourth-order valence-corrected chi connectivity index (χ4v) is 2.82. The molecule has 1 aromatic heterocycles. The van der Waals surface area contributed by atoms with Crippen molar-refractivity contribution in [2.45, 2.75) is 44.1 Å². The standard InChI is InChI=1S/C13H21NO2/c1-15-9-11-5-8-16-12(11)13(10-14)6-3-2-4-7-13/h5,8H,2-4,6-7,9-10,14H2,1H3. The van der Waals surface area contributed by atoms with Crippen molar-refractivity contribution >= 4 is 0 Å². The van der Waals surface area contributed by atoms with Crippen molar-refractivity contribution in [1.29, 1.82) is 0 Å². The van der Waals surface area contributed by atoms with Crippen LogP contribution in [0.1, 0.15) is 43.4 Å². The molecule has 3 nitrogen and oxygen atoms in total. The minimum absolute atomic E-state index is 0.0651. The monoisotopic (exact) mass is 223 g/mol. The lowest BCUT2D eigenvalue weighted by Gasteiger charge is -2.35. The fourth-order valence-electron chi connectivity index (χ4n) is 2.82. The van der Waals surface area contributed by atoms with E-state index in [2.05, 4.69) is 0 Å². The Morgan fingerprint density at radius 3 is 2.75 bits per heavy atom. The number of nitrogens with two attached hydrogens (primary N) is 1. The zero-order valence-corrected chi connectivity index (χ0v) is 10.00. The summed E-state index contributed by atoms with van der Waals surface area (Å²) in [7, 11) is 1.72. The molecule has 1 heterocycles. The number of hydrogen-bond donors (Lipinski definition) is 1. The number of furan rings is 1. The first-order valence-corrected chi connectivity index (χ1v) is 6.08. The van der Waals surface area contributed by atoms with Gasteiger partial charge in [-0.3, -0.25) is 0 Å². The first-order valence-electron chi connectivity index (χ1n) is 6.08. The molecule has 1 aliphatic carbocycles. The van der Waals surface area contributed by atoms with E-state index in [0.29, 0.717) is 13.2 Å². The maximum absolute atomic E-state index is 5.99. The third kappa shape index (κ3) is 2.02. The van der Waals surface area contributed by atoms with E-state index in [-0.39, 0.29) is 5.41 Å². The predicted octanol–water partition coefficient (Wildman–Crippen LogP) is 2.59. The number of hydrogen-bond acceptors (Lipinski definition) is 3. The lowest BCUT2D eigenvalue weighted by Crippen LogP contribution is -2.37. The van der Waals surface area contributed by atoms with Gasteiger partial charge in [-0.05, 0) is 18.9 Å². The summed E-state index contributed by atoms with van der Waals surface area (Å²) in [6, 6.07) is 2.00. The van der Waals surface area contributed by atoms with E-state index in [4.69, 9.17) is 14.9 Å². The zero-order valence-electron chi connectivity index (χ0n) is 10.00. The van der Waals surface area contributed by atoms with Crippen LogP contribution in [0, 0.1) is 0 Å². The molecule has 0 aliphatic heterocycles. The van der Waals surface area contributed by atoms with Crippen LogP contribution in [-0.2, 0) is 16.8 Å². The van der Waals surface area contributed by atoms with Crippen molar-refractivity contribution in [3.8, 4) is 0 Å². The summed E-state index contributed by atoms with van der Waals surface area (Å²) in [6.45, 7) is 1.30. The Morgan fingerprint density at radius 1 is 1.38 bits per heavy atom. The second-order valence-electron chi connectivity index (χ2n) is 4.75. The van der Waals surface area contributed by atoms with Gasteiger partial charge in [-0.1, -0.05) is 19.3 Å². The van der Waals surface area contributed by atoms with Crippen molar-refractivity contribution < 1.29 is 9.15 Å². The van der Waals surface area contributed by atoms with E-state index < -0.39 is 0 Å². The van der Waals surface area contributed by atoms with Gasteiger partial charge in [0.25, 0.3) is 0 Å². The van der Waals surface area contributed by atoms with Crippen LogP contribution in [0.3, 0.4) is 0 Å². The molecule has 0 atom stereocenters. The third-order valence-electron chi connectivity index (χ3n) is 3.73. The van der Waals surface area contributed by atoms with Gasteiger partial charge in [0.2, 0.25) is 0 Å². The molecular formula is C13H21NO2. The predicted molar refractivity (Wildman–Crippen MR) is 63.2 cm³/mol. The second-order valence-corrected chi connectivity index (χ2v) is 4.75. The van der Waals surface area contributed by atoms with Gasteiger partial charge in [0.1, 0.15) is 5.76 Å². The van der Waals surface area contributed by atoms with Crippen LogP contribution in [0.2, 0.25) is 0 Å². The lowest BCUT2D eigenvalue weighted by molar-refractivity contribution is 0.176. The first kappa shape index (κ1) is 11.7. The second kappa shape index (κ2) is 5.02. The van der Waals surface area contributed by atoms with Gasteiger partial charge < -0.3 is 14.9 Å². The minimum Gasteiger partial charge on any atom is -0.468 e. The molecule has 3 heteroatoms. The largest absolute Gasteiger partial charge is 0.468 e. The number of rotatable bonds is 4. The van der Waals surface area contributed by atoms with Crippen LogP contribution >= 0.6 is 0 Å². The molecule has 1 aromatic rings. The Labute approximate surface area is 97.0 Å². The summed E-state index contributed by atoms with van der Waals surface area (Å²) in [4.78, 5) is 0. The van der Waals surface area contributed by atoms with Gasteiger partial charge in [0, 0.05) is 24.6 Å². The van der Waals surface area contributed by atoms with E-state index in [1.165, 1.54) is 19.3 Å². The number of methoxy groups -OCH3 is 1. The van der Waals surface area contributed by atoms with E-state index in [1.54, 1.807) is 13.4 Å². The molecule has 0 amide bonds. The first-order chi connectivity index (χ1) is 7.82. The molecule has 90 valence electrons. The highest BCUT2D eigenvalue weighted by atomic mass is 16.5. The molecule has 0 saturated heterocycles. The van der Waals surface area contributed by atoms with Crippen molar-refractivity contribution in [3.05, 3.63) is 23.7 Å². The van der Waals surface area contributed by atoms with Crippen LogP contribution in [0.25, 0.3) is 0 Å². The van der Waals surface area contributed by atoms with Crippen LogP contribution in [0.15, 0.2) is 16.7 Å². The molecule has 0 unspecified atom stereocenters. The Balaban J connectivity index is 2.27. The maximum Gasteiger partial charge on any atom is 0.116 e. The summed E-state index contributed by atoms with van der Waals surface area (Å²) in [5.41, 5.74) is 7.22. The van der Waals surface area contributed by atoms with Crippen LogP contribution < -0.4 is 5.73 Å². The molecule has 1 fully saturated rings. The summed E-state index contributed by atoms with van der Waals surface area (Å²) >= 11 is 0. The summed E-state index contributed by atoms with van der Waals surface area (Å²) in [5.74, 6) is 1.07. The molecule has 1 aliphatic rings. The molecule has 0 aromatic carbocycles.